The molecule has 24 heavy (non-hydrogen) atoms. The van der Waals surface area contributed by atoms with Crippen molar-refractivity contribution in [1.82, 2.24) is 0 Å². The smallest absolute Gasteiger partial charge is 0.334 e. The van der Waals surface area contributed by atoms with Crippen molar-refractivity contribution in [3.63, 3.8) is 0 Å². The summed E-state index contributed by atoms with van der Waals surface area (Å²) in [6.45, 7) is 5.04. The highest BCUT2D eigenvalue weighted by Gasteiger charge is 2.63. The molecule has 5 atom stereocenters. The predicted molar refractivity (Wildman–Crippen MR) is 89.1 cm³/mol. The number of ether oxygens (including phenoxy) is 1. The molecule has 0 amide bonds. The third-order valence-electron chi connectivity index (χ3n) is 7.15. The maximum absolute atomic E-state index is 12.2. The van der Waals surface area contributed by atoms with Gasteiger partial charge in [-0.05, 0) is 55.1 Å². The lowest BCUT2D eigenvalue weighted by Crippen LogP contribution is -2.56. The van der Waals surface area contributed by atoms with Gasteiger partial charge in [-0.3, -0.25) is 0 Å². The fourth-order valence-corrected chi connectivity index (χ4v) is 5.63. The average Bonchev–Trinajstić information content (AvgIpc) is 3.18. The number of carbonyl (C=O) groups is 1. The Labute approximate surface area is 142 Å². The third kappa shape index (κ3) is 2.12. The molecule has 1 saturated carbocycles. The molecule has 2 fully saturated rings. The number of aliphatic hydroxyl groups excluding tert-OH is 1. The minimum absolute atomic E-state index is 0.0254. The van der Waals surface area contributed by atoms with Crippen molar-refractivity contribution in [3.05, 3.63) is 35.8 Å². The Hall–Kier alpha value is -1.55. The van der Waals surface area contributed by atoms with Crippen LogP contribution in [-0.4, -0.2) is 23.8 Å². The predicted octanol–water partition coefficient (Wildman–Crippen LogP) is 3.50. The number of furan rings is 1. The molecule has 5 unspecified atom stereocenters. The Morgan fingerprint density at radius 3 is 3.00 bits per heavy atom. The number of esters is 1. The topological polar surface area (TPSA) is 59.7 Å². The fraction of sp³-hybridized carbons (Fsp3) is 0.650. The number of rotatable bonds is 3. The highest BCUT2D eigenvalue weighted by atomic mass is 16.5. The number of cyclic esters (lactones) is 1. The summed E-state index contributed by atoms with van der Waals surface area (Å²) < 4.78 is 10.7. The first-order valence-corrected chi connectivity index (χ1v) is 9.04. The van der Waals surface area contributed by atoms with Gasteiger partial charge < -0.3 is 14.3 Å². The first-order chi connectivity index (χ1) is 11.5. The van der Waals surface area contributed by atoms with E-state index in [0.717, 1.165) is 31.3 Å². The zero-order valence-corrected chi connectivity index (χ0v) is 14.5. The largest absolute Gasteiger partial charge is 0.472 e. The zero-order chi connectivity index (χ0) is 16.9. The van der Waals surface area contributed by atoms with Crippen LogP contribution in [0.3, 0.4) is 0 Å². The van der Waals surface area contributed by atoms with E-state index in [0.29, 0.717) is 18.9 Å². The lowest BCUT2D eigenvalue weighted by atomic mass is 9.46. The summed E-state index contributed by atoms with van der Waals surface area (Å²) in [7, 11) is 0. The van der Waals surface area contributed by atoms with E-state index >= 15 is 0 Å². The maximum atomic E-state index is 12.2. The van der Waals surface area contributed by atoms with Crippen LogP contribution in [0.2, 0.25) is 0 Å². The second-order valence-corrected chi connectivity index (χ2v) is 8.21. The van der Waals surface area contributed by atoms with Crippen molar-refractivity contribution < 1.29 is 19.1 Å². The van der Waals surface area contributed by atoms with Gasteiger partial charge in [0.2, 0.25) is 0 Å². The van der Waals surface area contributed by atoms with E-state index < -0.39 is 6.10 Å². The van der Waals surface area contributed by atoms with Crippen molar-refractivity contribution in [2.75, 3.05) is 6.61 Å². The molecule has 4 rings (SSSR count). The van der Waals surface area contributed by atoms with E-state index in [4.69, 9.17) is 9.15 Å². The molecule has 1 spiro atoms. The highest BCUT2D eigenvalue weighted by Crippen LogP contribution is 2.63. The summed E-state index contributed by atoms with van der Waals surface area (Å²) >= 11 is 0. The summed E-state index contributed by atoms with van der Waals surface area (Å²) in [5.74, 6) is 0.412. The van der Waals surface area contributed by atoms with E-state index in [1.54, 1.807) is 12.5 Å². The van der Waals surface area contributed by atoms with Crippen LogP contribution < -0.4 is 0 Å². The van der Waals surface area contributed by atoms with Gasteiger partial charge in [0.05, 0.1) is 18.6 Å². The Bertz CT molecular complexity index is 661. The monoisotopic (exact) mass is 330 g/mol. The summed E-state index contributed by atoms with van der Waals surface area (Å²) in [6, 6.07) is 2.01. The minimum Gasteiger partial charge on any atom is -0.472 e. The normalized spacial score (nSPS) is 41.4. The molecule has 1 aromatic heterocycles. The number of carbonyl (C=O) groups excluding carboxylic acids is 1. The first-order valence-electron chi connectivity index (χ1n) is 9.04. The molecule has 1 aromatic rings. The molecule has 0 bridgehead atoms. The van der Waals surface area contributed by atoms with Gasteiger partial charge >= 0.3 is 5.97 Å². The number of aryl methyl sites for hydroxylation is 1. The molecule has 130 valence electrons. The van der Waals surface area contributed by atoms with Crippen LogP contribution in [0.1, 0.15) is 45.1 Å². The number of hydrogen-bond acceptors (Lipinski definition) is 4. The third-order valence-corrected chi connectivity index (χ3v) is 7.15. The first kappa shape index (κ1) is 15.9. The summed E-state index contributed by atoms with van der Waals surface area (Å²) in [4.78, 5) is 12.2. The molecule has 4 nitrogen and oxygen atoms in total. The van der Waals surface area contributed by atoms with Gasteiger partial charge in [-0.1, -0.05) is 19.9 Å². The van der Waals surface area contributed by atoms with Gasteiger partial charge in [-0.25, -0.2) is 4.79 Å². The molecule has 4 heteroatoms. The fourth-order valence-electron chi connectivity index (χ4n) is 5.63. The molecule has 0 aromatic carbocycles. The standard InChI is InChI=1S/C20H26O4/c1-13-5-9-20-12-24-18(22)15(20)3-4-16(21)17(20)19(13,2)8-6-14-7-10-23-11-14/h3,7,10-11,13,16-17,21H,4-6,8-9,12H2,1-2H3. The van der Waals surface area contributed by atoms with Crippen molar-refractivity contribution in [3.8, 4) is 0 Å². The number of hydrogen-bond donors (Lipinski definition) is 1. The van der Waals surface area contributed by atoms with Crippen LogP contribution in [0.15, 0.2) is 34.7 Å². The Balaban J connectivity index is 1.70. The van der Waals surface area contributed by atoms with Crippen LogP contribution in [0.5, 0.6) is 0 Å². The van der Waals surface area contributed by atoms with Crippen molar-refractivity contribution in [2.24, 2.45) is 22.7 Å². The summed E-state index contributed by atoms with van der Waals surface area (Å²) in [6.07, 6.45) is 9.53. The lowest BCUT2D eigenvalue weighted by molar-refractivity contribution is -0.137. The minimum atomic E-state index is -0.402. The molecular weight excluding hydrogens is 304 g/mol. The zero-order valence-electron chi connectivity index (χ0n) is 14.5. The average molecular weight is 330 g/mol. The Morgan fingerprint density at radius 1 is 1.42 bits per heavy atom. The molecule has 1 saturated heterocycles. The molecule has 2 heterocycles. The van der Waals surface area contributed by atoms with Gasteiger partial charge in [0, 0.05) is 16.9 Å². The highest BCUT2D eigenvalue weighted by molar-refractivity contribution is 5.92. The quantitative estimate of drug-likeness (QED) is 0.862. The summed E-state index contributed by atoms with van der Waals surface area (Å²) in [5, 5.41) is 10.9. The lowest BCUT2D eigenvalue weighted by Gasteiger charge is -2.58. The van der Waals surface area contributed by atoms with E-state index in [1.165, 1.54) is 5.56 Å². The maximum Gasteiger partial charge on any atom is 0.334 e. The van der Waals surface area contributed by atoms with Crippen LogP contribution in [0.25, 0.3) is 0 Å². The second kappa shape index (κ2) is 5.48. The van der Waals surface area contributed by atoms with Crippen molar-refractivity contribution >= 4 is 5.97 Å². The number of aliphatic hydroxyl groups is 1. The van der Waals surface area contributed by atoms with E-state index in [-0.39, 0.29) is 22.7 Å². The van der Waals surface area contributed by atoms with Gasteiger partial charge in [0.25, 0.3) is 0 Å². The Kier molecular flexibility index (Phi) is 3.64. The van der Waals surface area contributed by atoms with Gasteiger partial charge in [-0.2, -0.15) is 0 Å². The van der Waals surface area contributed by atoms with Crippen LogP contribution in [-0.2, 0) is 16.0 Å². The van der Waals surface area contributed by atoms with Crippen molar-refractivity contribution in [1.29, 1.82) is 0 Å². The molecule has 1 N–H and O–H groups in total. The van der Waals surface area contributed by atoms with Crippen molar-refractivity contribution in [2.45, 2.75) is 52.1 Å². The van der Waals surface area contributed by atoms with Gasteiger partial charge in [0.1, 0.15) is 6.61 Å². The van der Waals surface area contributed by atoms with Crippen LogP contribution in [0.4, 0.5) is 0 Å². The van der Waals surface area contributed by atoms with Crippen LogP contribution >= 0.6 is 0 Å². The molecule has 1 aliphatic heterocycles. The van der Waals surface area contributed by atoms with E-state index in [2.05, 4.69) is 13.8 Å². The molecule has 2 aliphatic carbocycles. The van der Waals surface area contributed by atoms with Gasteiger partial charge in [-0.15, -0.1) is 0 Å². The van der Waals surface area contributed by atoms with E-state index in [9.17, 15) is 9.90 Å². The second-order valence-electron chi connectivity index (χ2n) is 8.21. The SMILES string of the molecule is CC1CCC23COC(=O)C2=CCC(O)C3C1(C)CCc1ccoc1. The van der Waals surface area contributed by atoms with Crippen LogP contribution in [0, 0.1) is 22.7 Å². The summed E-state index contributed by atoms with van der Waals surface area (Å²) in [5.41, 5.74) is 1.72. The van der Waals surface area contributed by atoms with Gasteiger partial charge in [0.15, 0.2) is 0 Å². The molecular formula is C20H26O4. The van der Waals surface area contributed by atoms with E-state index in [1.807, 2.05) is 12.1 Å². The molecule has 3 aliphatic rings. The Morgan fingerprint density at radius 2 is 2.25 bits per heavy atom. The molecule has 0 radical (unpaired) electrons.